The Morgan fingerprint density at radius 3 is 2.56 bits per heavy atom. The largest absolute Gasteiger partial charge is 0.419 e. The van der Waals surface area contributed by atoms with E-state index in [0.29, 0.717) is 30.8 Å². The third-order valence-electron chi connectivity index (χ3n) is 6.42. The van der Waals surface area contributed by atoms with Crippen molar-refractivity contribution in [3.63, 3.8) is 0 Å². The highest BCUT2D eigenvalue weighted by Gasteiger charge is 2.34. The van der Waals surface area contributed by atoms with Gasteiger partial charge in [-0.3, -0.25) is 9.78 Å². The normalized spacial score (nSPS) is 18.7. The average molecular weight is 469 g/mol. The fourth-order valence-electron chi connectivity index (χ4n) is 4.58. The van der Waals surface area contributed by atoms with Crippen LogP contribution in [0.1, 0.15) is 53.5 Å². The van der Waals surface area contributed by atoms with Gasteiger partial charge in [0.1, 0.15) is 5.82 Å². The second kappa shape index (κ2) is 9.91. The molecule has 34 heavy (non-hydrogen) atoms. The number of aromatic nitrogens is 3. The second-order valence-electron chi connectivity index (χ2n) is 8.87. The molecule has 1 aromatic carbocycles. The minimum absolute atomic E-state index is 0.0470. The van der Waals surface area contributed by atoms with Crippen molar-refractivity contribution in [2.45, 2.75) is 51.7 Å². The summed E-state index contributed by atoms with van der Waals surface area (Å²) in [6.07, 6.45) is 1.77. The summed E-state index contributed by atoms with van der Waals surface area (Å²) in [6, 6.07) is 11.4. The molecule has 0 saturated carbocycles. The van der Waals surface area contributed by atoms with E-state index in [4.69, 9.17) is 0 Å². The maximum Gasteiger partial charge on any atom is 0.419 e. The number of likely N-dealkylation sites (tertiary alicyclic amines) is 1. The number of amides is 1. The number of carbonyl (C=O) groups excluding carboxylic acids is 1. The smallest absolute Gasteiger partial charge is 0.335 e. The summed E-state index contributed by atoms with van der Waals surface area (Å²) in [7, 11) is 0. The Hall–Kier alpha value is -3.29. The lowest BCUT2D eigenvalue weighted by Gasteiger charge is -2.40. The molecule has 3 heterocycles. The zero-order valence-electron chi connectivity index (χ0n) is 19.2. The summed E-state index contributed by atoms with van der Waals surface area (Å²) in [5.41, 5.74) is 2.27. The van der Waals surface area contributed by atoms with E-state index in [0.717, 1.165) is 42.1 Å². The molecule has 1 saturated heterocycles. The minimum atomic E-state index is -4.46. The number of nitrogens with zero attached hydrogens (tertiary/aromatic N) is 4. The molecular formula is C26H27F3N4O. The van der Waals surface area contributed by atoms with Gasteiger partial charge < -0.3 is 4.90 Å². The lowest BCUT2D eigenvalue weighted by Crippen LogP contribution is -2.48. The Labute approximate surface area is 197 Å². The van der Waals surface area contributed by atoms with Gasteiger partial charge >= 0.3 is 6.18 Å². The first-order chi connectivity index (χ1) is 16.2. The van der Waals surface area contributed by atoms with Crippen molar-refractivity contribution in [1.29, 1.82) is 0 Å². The van der Waals surface area contributed by atoms with Crippen LogP contribution >= 0.6 is 0 Å². The van der Waals surface area contributed by atoms with Gasteiger partial charge in [-0.25, -0.2) is 9.97 Å². The van der Waals surface area contributed by atoms with Gasteiger partial charge in [0.2, 0.25) is 0 Å². The number of benzene rings is 1. The third-order valence-corrected chi connectivity index (χ3v) is 6.42. The average Bonchev–Trinajstić information content (AvgIpc) is 2.83. The highest BCUT2D eigenvalue weighted by molar-refractivity contribution is 6.01. The van der Waals surface area contributed by atoms with Gasteiger partial charge in [0.05, 0.1) is 11.3 Å². The molecule has 4 rings (SSSR count). The summed E-state index contributed by atoms with van der Waals surface area (Å²) >= 11 is 0. The second-order valence-corrected chi connectivity index (χ2v) is 8.87. The fraction of sp³-hybridized carbons (Fsp3) is 0.385. The van der Waals surface area contributed by atoms with E-state index in [-0.39, 0.29) is 17.9 Å². The first-order valence-corrected chi connectivity index (χ1v) is 11.4. The molecule has 178 valence electrons. The monoisotopic (exact) mass is 468 g/mol. The topological polar surface area (TPSA) is 59.0 Å². The third kappa shape index (κ3) is 5.26. The molecule has 1 fully saturated rings. The Kier molecular flexibility index (Phi) is 6.95. The molecule has 8 heteroatoms. The summed E-state index contributed by atoms with van der Waals surface area (Å²) in [6.45, 7) is 4.71. The molecule has 5 nitrogen and oxygen atoms in total. The summed E-state index contributed by atoms with van der Waals surface area (Å²) < 4.78 is 38.4. The number of rotatable bonds is 5. The molecule has 1 aliphatic heterocycles. The highest BCUT2D eigenvalue weighted by Crippen LogP contribution is 2.32. The predicted octanol–water partition coefficient (Wildman–Crippen LogP) is 5.74. The maximum atomic E-state index is 13.8. The Balaban J connectivity index is 1.57. The van der Waals surface area contributed by atoms with Gasteiger partial charge in [-0.05, 0) is 50.3 Å². The number of aryl methyl sites for hydroxylation is 2. The number of pyridine rings is 1. The lowest BCUT2D eigenvalue weighted by molar-refractivity contribution is -0.138. The van der Waals surface area contributed by atoms with Gasteiger partial charge in [0.25, 0.3) is 5.91 Å². The molecule has 2 atom stereocenters. The van der Waals surface area contributed by atoms with Crippen molar-refractivity contribution in [2.24, 2.45) is 5.92 Å². The van der Waals surface area contributed by atoms with E-state index < -0.39 is 11.7 Å². The molecule has 1 aliphatic rings. The molecule has 0 radical (unpaired) electrons. The quantitative estimate of drug-likeness (QED) is 0.479. The number of carbonyl (C=O) groups is 1. The zero-order valence-corrected chi connectivity index (χ0v) is 19.2. The van der Waals surface area contributed by atoms with Gasteiger partial charge in [-0.2, -0.15) is 13.2 Å². The van der Waals surface area contributed by atoms with E-state index in [1.54, 1.807) is 6.20 Å². The molecule has 3 aromatic rings. The van der Waals surface area contributed by atoms with Gasteiger partial charge in [-0.15, -0.1) is 0 Å². The van der Waals surface area contributed by atoms with Gasteiger partial charge in [0, 0.05) is 48.7 Å². The molecular weight excluding hydrogens is 441 g/mol. The van der Waals surface area contributed by atoms with E-state index >= 15 is 0 Å². The van der Waals surface area contributed by atoms with Crippen molar-refractivity contribution >= 4 is 5.91 Å². The van der Waals surface area contributed by atoms with Crippen LogP contribution in [-0.2, 0) is 12.6 Å². The minimum Gasteiger partial charge on any atom is -0.335 e. The molecule has 2 aromatic heterocycles. The van der Waals surface area contributed by atoms with E-state index in [1.807, 2.05) is 48.2 Å². The van der Waals surface area contributed by atoms with Crippen LogP contribution in [0.15, 0.2) is 55.0 Å². The Bertz CT molecular complexity index is 1130. The summed E-state index contributed by atoms with van der Waals surface area (Å²) in [5.74, 6) is 0.562. The van der Waals surface area contributed by atoms with E-state index in [1.165, 1.54) is 0 Å². The fourth-order valence-corrected chi connectivity index (χ4v) is 4.58. The first-order valence-electron chi connectivity index (χ1n) is 11.4. The molecule has 0 N–H and O–H groups in total. The summed E-state index contributed by atoms with van der Waals surface area (Å²) in [5, 5.41) is 0. The SMILES string of the molecule is Cc1ccc(-c2ccccn2)c(C(=O)N2CCC[C@@H](C)C2CCc2ncc(C(F)(F)F)cn2)c1. The standard InChI is InChI=1S/C26H27F3N4O/c1-17-8-9-20(22-7-3-4-12-30-22)21(14-17)25(34)33-13-5-6-18(2)23(33)10-11-24-31-15-19(16-32-24)26(27,28)29/h3-4,7-9,12,14-16,18,23H,5-6,10-11,13H2,1-2H3/t18-,23?/m1/s1. The zero-order chi connectivity index (χ0) is 24.3. The van der Waals surface area contributed by atoms with Crippen LogP contribution in [0.4, 0.5) is 13.2 Å². The number of piperidine rings is 1. The van der Waals surface area contributed by atoms with Crippen molar-refractivity contribution in [1.82, 2.24) is 19.9 Å². The molecule has 1 amide bonds. The Morgan fingerprint density at radius 2 is 1.88 bits per heavy atom. The molecule has 0 bridgehead atoms. The maximum absolute atomic E-state index is 13.8. The predicted molar refractivity (Wildman–Crippen MR) is 123 cm³/mol. The number of hydrogen-bond donors (Lipinski definition) is 0. The Morgan fingerprint density at radius 1 is 1.12 bits per heavy atom. The molecule has 0 spiro atoms. The molecule has 1 unspecified atom stereocenters. The number of halogens is 3. The van der Waals surface area contributed by atoms with Gasteiger partial charge in [-0.1, -0.05) is 30.7 Å². The van der Waals surface area contributed by atoms with Crippen LogP contribution in [-0.4, -0.2) is 38.3 Å². The van der Waals surface area contributed by atoms with Crippen molar-refractivity contribution < 1.29 is 18.0 Å². The van der Waals surface area contributed by atoms with Crippen molar-refractivity contribution in [3.8, 4) is 11.3 Å². The highest BCUT2D eigenvalue weighted by atomic mass is 19.4. The van der Waals surface area contributed by atoms with Crippen molar-refractivity contribution in [3.05, 3.63) is 77.5 Å². The number of hydrogen-bond acceptors (Lipinski definition) is 4. The van der Waals surface area contributed by atoms with E-state index in [9.17, 15) is 18.0 Å². The van der Waals surface area contributed by atoms with Crippen LogP contribution in [0.3, 0.4) is 0 Å². The van der Waals surface area contributed by atoms with Crippen LogP contribution in [0.25, 0.3) is 11.3 Å². The van der Waals surface area contributed by atoms with Gasteiger partial charge in [0.15, 0.2) is 0 Å². The molecule has 0 aliphatic carbocycles. The lowest BCUT2D eigenvalue weighted by atomic mass is 9.86. The van der Waals surface area contributed by atoms with Crippen molar-refractivity contribution in [2.75, 3.05) is 6.54 Å². The van der Waals surface area contributed by atoms with Crippen LogP contribution < -0.4 is 0 Å². The summed E-state index contributed by atoms with van der Waals surface area (Å²) in [4.78, 5) is 28.0. The van der Waals surface area contributed by atoms with Crippen LogP contribution in [0.2, 0.25) is 0 Å². The first kappa shape index (κ1) is 23.9. The van der Waals surface area contributed by atoms with Crippen LogP contribution in [0, 0.1) is 12.8 Å². The van der Waals surface area contributed by atoms with E-state index in [2.05, 4.69) is 21.9 Å². The van der Waals surface area contributed by atoms with Crippen LogP contribution in [0.5, 0.6) is 0 Å². The number of alkyl halides is 3.